The van der Waals surface area contributed by atoms with Crippen LogP contribution in [0.15, 0.2) is 71.3 Å². The van der Waals surface area contributed by atoms with Gasteiger partial charge < -0.3 is 15.4 Å². The molecule has 3 aromatic rings. The minimum atomic E-state index is -0.231. The molecule has 158 valence electrons. The molecule has 0 radical (unpaired) electrons. The number of nitrogens with zero attached hydrogens (tertiary/aromatic N) is 1. The first-order chi connectivity index (χ1) is 15.1. The molecule has 0 aliphatic heterocycles. The maximum atomic E-state index is 12.5. The number of hydrogen-bond donors (Lipinski definition) is 2. The smallest absolute Gasteiger partial charge is 0.253 e. The second-order valence-corrected chi connectivity index (χ2v) is 8.36. The number of carbonyl (C=O) groups excluding carboxylic acids is 2. The Balaban J connectivity index is 1.31. The van der Waals surface area contributed by atoms with Gasteiger partial charge >= 0.3 is 0 Å². The average Bonchev–Trinajstić information content (AvgIpc) is 2.71. The lowest BCUT2D eigenvalue weighted by Gasteiger charge is -2.24. The first kappa shape index (κ1) is 21.1. The molecule has 0 unspecified atom stereocenters. The van der Waals surface area contributed by atoms with Gasteiger partial charge in [0.25, 0.3) is 5.91 Å². The Hall–Kier alpha value is -3.19. The molecule has 1 fully saturated rings. The van der Waals surface area contributed by atoms with E-state index in [0.717, 1.165) is 35.0 Å². The highest BCUT2D eigenvalue weighted by molar-refractivity contribution is 9.10. The van der Waals surface area contributed by atoms with Gasteiger partial charge in [-0.25, -0.2) is 4.98 Å². The summed E-state index contributed by atoms with van der Waals surface area (Å²) in [6.07, 6.45) is 4.53. The summed E-state index contributed by atoms with van der Waals surface area (Å²) in [7, 11) is 0. The Bertz CT molecular complexity index is 1080. The van der Waals surface area contributed by atoms with Crippen LogP contribution in [0.3, 0.4) is 0 Å². The predicted molar refractivity (Wildman–Crippen MR) is 122 cm³/mol. The number of anilines is 1. The van der Waals surface area contributed by atoms with Gasteiger partial charge in [-0.2, -0.15) is 0 Å². The Morgan fingerprint density at radius 1 is 1.06 bits per heavy atom. The summed E-state index contributed by atoms with van der Waals surface area (Å²) in [6, 6.07) is 18.3. The van der Waals surface area contributed by atoms with Crippen LogP contribution < -0.4 is 15.4 Å². The number of rotatable bonds is 7. The largest absolute Gasteiger partial charge is 0.439 e. The SMILES string of the molecule is O=C(NCc1cccc(NC(=O)C2CCC2)c1)c1ccc(Oc2cccc(Br)c2)nc1. The minimum Gasteiger partial charge on any atom is -0.439 e. The van der Waals surface area contributed by atoms with Gasteiger partial charge in [0.05, 0.1) is 5.56 Å². The minimum absolute atomic E-state index is 0.0729. The fourth-order valence-electron chi connectivity index (χ4n) is 3.18. The van der Waals surface area contributed by atoms with Crippen LogP contribution in [0.25, 0.3) is 0 Å². The molecule has 1 aromatic heterocycles. The molecule has 2 amide bonds. The molecule has 1 aliphatic rings. The normalized spacial score (nSPS) is 13.2. The highest BCUT2D eigenvalue weighted by Gasteiger charge is 2.25. The quantitative estimate of drug-likeness (QED) is 0.481. The van der Waals surface area contributed by atoms with Gasteiger partial charge in [0, 0.05) is 34.9 Å². The van der Waals surface area contributed by atoms with Gasteiger partial charge in [0.1, 0.15) is 5.75 Å². The van der Waals surface area contributed by atoms with E-state index >= 15 is 0 Å². The van der Waals surface area contributed by atoms with Crippen molar-refractivity contribution in [3.05, 3.63) is 82.5 Å². The van der Waals surface area contributed by atoms with E-state index in [9.17, 15) is 9.59 Å². The Morgan fingerprint density at radius 2 is 1.90 bits per heavy atom. The average molecular weight is 480 g/mol. The van der Waals surface area contributed by atoms with Crippen LogP contribution in [0.2, 0.25) is 0 Å². The highest BCUT2D eigenvalue weighted by atomic mass is 79.9. The van der Waals surface area contributed by atoms with Gasteiger partial charge in [0.2, 0.25) is 11.8 Å². The second-order valence-electron chi connectivity index (χ2n) is 7.44. The van der Waals surface area contributed by atoms with Crippen LogP contribution in [-0.2, 0) is 11.3 Å². The lowest BCUT2D eigenvalue weighted by atomic mass is 9.85. The van der Waals surface area contributed by atoms with Crippen molar-refractivity contribution in [3.63, 3.8) is 0 Å². The molecular formula is C24H22BrN3O3. The molecule has 0 bridgehead atoms. The zero-order valence-corrected chi connectivity index (χ0v) is 18.4. The Labute approximate surface area is 189 Å². The molecule has 2 N–H and O–H groups in total. The zero-order chi connectivity index (χ0) is 21.6. The van der Waals surface area contributed by atoms with Crippen LogP contribution >= 0.6 is 15.9 Å². The number of hydrogen-bond acceptors (Lipinski definition) is 4. The molecule has 0 atom stereocenters. The number of halogens is 1. The summed E-state index contributed by atoms with van der Waals surface area (Å²) in [4.78, 5) is 28.8. The standard InChI is InChI=1S/C24H22BrN3O3/c25-19-7-3-9-21(13-19)31-22-11-10-18(15-26-22)23(29)27-14-16-4-1-8-20(12-16)28-24(30)17-5-2-6-17/h1,3-4,7-13,15,17H,2,5-6,14H2,(H,27,29)(H,28,30). The van der Waals surface area contributed by atoms with Gasteiger partial charge in [-0.05, 0) is 54.8 Å². The molecule has 7 heteroatoms. The molecule has 2 aromatic carbocycles. The van der Waals surface area contributed by atoms with E-state index in [1.54, 1.807) is 12.1 Å². The third-order valence-electron chi connectivity index (χ3n) is 5.14. The fourth-order valence-corrected chi connectivity index (χ4v) is 3.56. The lowest BCUT2D eigenvalue weighted by Crippen LogP contribution is -2.28. The molecule has 1 saturated carbocycles. The molecular weight excluding hydrogens is 458 g/mol. The number of nitrogens with one attached hydrogen (secondary N) is 2. The number of amides is 2. The summed E-state index contributed by atoms with van der Waals surface area (Å²) in [6.45, 7) is 0.349. The Morgan fingerprint density at radius 3 is 2.61 bits per heavy atom. The maximum absolute atomic E-state index is 12.5. The number of pyridine rings is 1. The number of carbonyl (C=O) groups is 2. The van der Waals surface area contributed by atoms with Gasteiger partial charge in [-0.1, -0.05) is 40.5 Å². The van der Waals surface area contributed by atoms with Gasteiger partial charge in [-0.15, -0.1) is 0 Å². The van der Waals surface area contributed by atoms with Crippen LogP contribution in [0.5, 0.6) is 11.6 Å². The predicted octanol–water partition coefficient (Wildman–Crippen LogP) is 5.31. The molecule has 1 aliphatic carbocycles. The summed E-state index contributed by atoms with van der Waals surface area (Å²) in [5.41, 5.74) is 2.10. The highest BCUT2D eigenvalue weighted by Crippen LogP contribution is 2.27. The van der Waals surface area contributed by atoms with E-state index in [1.165, 1.54) is 6.20 Å². The maximum Gasteiger partial charge on any atom is 0.253 e. The molecule has 31 heavy (non-hydrogen) atoms. The van der Waals surface area contributed by atoms with Crippen molar-refractivity contribution < 1.29 is 14.3 Å². The molecule has 1 heterocycles. The van der Waals surface area contributed by atoms with Crippen LogP contribution in [0.4, 0.5) is 5.69 Å². The van der Waals surface area contributed by atoms with Crippen LogP contribution in [0.1, 0.15) is 35.2 Å². The van der Waals surface area contributed by atoms with E-state index < -0.39 is 0 Å². The molecule has 0 saturated heterocycles. The second kappa shape index (κ2) is 9.75. The number of ether oxygens (including phenoxy) is 1. The topological polar surface area (TPSA) is 80.3 Å². The van der Waals surface area contributed by atoms with E-state index in [1.807, 2.05) is 48.5 Å². The van der Waals surface area contributed by atoms with Crippen molar-refractivity contribution in [2.45, 2.75) is 25.8 Å². The van der Waals surface area contributed by atoms with Crippen molar-refractivity contribution in [1.29, 1.82) is 0 Å². The summed E-state index contributed by atoms with van der Waals surface area (Å²) >= 11 is 3.40. The monoisotopic (exact) mass is 479 g/mol. The third kappa shape index (κ3) is 5.70. The van der Waals surface area contributed by atoms with E-state index in [2.05, 4.69) is 31.5 Å². The van der Waals surface area contributed by atoms with Crippen molar-refractivity contribution >= 4 is 33.4 Å². The third-order valence-corrected chi connectivity index (χ3v) is 5.63. The first-order valence-electron chi connectivity index (χ1n) is 10.1. The lowest BCUT2D eigenvalue weighted by molar-refractivity contribution is -0.122. The van der Waals surface area contributed by atoms with E-state index in [0.29, 0.717) is 23.7 Å². The van der Waals surface area contributed by atoms with Gasteiger partial charge in [-0.3, -0.25) is 9.59 Å². The number of benzene rings is 2. The van der Waals surface area contributed by atoms with Crippen molar-refractivity contribution in [3.8, 4) is 11.6 Å². The number of aromatic nitrogens is 1. The zero-order valence-electron chi connectivity index (χ0n) is 16.8. The van der Waals surface area contributed by atoms with E-state index in [4.69, 9.17) is 4.74 Å². The van der Waals surface area contributed by atoms with Crippen molar-refractivity contribution in [1.82, 2.24) is 10.3 Å². The summed E-state index contributed by atoms with van der Waals surface area (Å²) in [5, 5.41) is 5.83. The summed E-state index contributed by atoms with van der Waals surface area (Å²) < 4.78 is 6.60. The van der Waals surface area contributed by atoms with Crippen molar-refractivity contribution in [2.24, 2.45) is 5.92 Å². The van der Waals surface area contributed by atoms with Crippen LogP contribution in [0, 0.1) is 5.92 Å². The fraction of sp³-hybridized carbons (Fsp3) is 0.208. The van der Waals surface area contributed by atoms with Gasteiger partial charge in [0.15, 0.2) is 0 Å². The molecule has 0 spiro atoms. The Kier molecular flexibility index (Phi) is 6.62. The molecule has 6 nitrogen and oxygen atoms in total. The first-order valence-corrected chi connectivity index (χ1v) is 10.9. The van der Waals surface area contributed by atoms with E-state index in [-0.39, 0.29) is 17.7 Å². The summed E-state index contributed by atoms with van der Waals surface area (Å²) in [5.74, 6) is 1.04. The van der Waals surface area contributed by atoms with Crippen molar-refractivity contribution in [2.75, 3.05) is 5.32 Å². The van der Waals surface area contributed by atoms with Crippen LogP contribution in [-0.4, -0.2) is 16.8 Å². The molecule has 4 rings (SSSR count).